The molecule has 138 valence electrons. The Labute approximate surface area is 156 Å². The number of nitrogens with zero attached hydrogens (tertiary/aromatic N) is 2. The van der Waals surface area contributed by atoms with Crippen molar-refractivity contribution in [3.63, 3.8) is 0 Å². The Hall–Kier alpha value is -2.05. The van der Waals surface area contributed by atoms with Crippen molar-refractivity contribution in [2.75, 3.05) is 32.8 Å². The molecule has 2 fully saturated rings. The number of halogens is 1. The van der Waals surface area contributed by atoms with Gasteiger partial charge in [0.05, 0.1) is 12.0 Å². The third kappa shape index (κ3) is 2.77. The first-order valence-electron chi connectivity index (χ1n) is 9.01. The molecule has 26 heavy (non-hydrogen) atoms. The summed E-state index contributed by atoms with van der Waals surface area (Å²) < 4.78 is 0. The van der Waals surface area contributed by atoms with Crippen LogP contribution in [0.15, 0.2) is 24.3 Å². The van der Waals surface area contributed by atoms with E-state index >= 15 is 0 Å². The van der Waals surface area contributed by atoms with Crippen molar-refractivity contribution in [2.45, 2.75) is 19.3 Å². The zero-order valence-corrected chi connectivity index (χ0v) is 15.3. The van der Waals surface area contributed by atoms with Gasteiger partial charge in [0.1, 0.15) is 5.69 Å². The number of fused-ring (bicyclic) bond motifs is 1. The topological polar surface area (TPSA) is 76.6 Å². The summed E-state index contributed by atoms with van der Waals surface area (Å²) in [5.41, 5.74) is 0.838. The van der Waals surface area contributed by atoms with E-state index in [1.54, 1.807) is 21.9 Å². The summed E-state index contributed by atoms with van der Waals surface area (Å²) in [4.78, 5) is 32.5. The number of likely N-dealkylation sites (tertiary alicyclic amines) is 2. The third-order valence-corrected chi connectivity index (χ3v) is 6.01. The number of H-pyrrole nitrogens is 1. The summed E-state index contributed by atoms with van der Waals surface area (Å²) in [7, 11) is 0. The van der Waals surface area contributed by atoms with Crippen LogP contribution in [0.3, 0.4) is 0 Å². The van der Waals surface area contributed by atoms with Crippen LogP contribution in [0.2, 0.25) is 5.02 Å². The van der Waals surface area contributed by atoms with E-state index in [2.05, 4.69) is 4.98 Å². The minimum atomic E-state index is -0.493. The van der Waals surface area contributed by atoms with Gasteiger partial charge in [-0.3, -0.25) is 9.59 Å². The number of benzene rings is 1. The average molecular weight is 376 g/mol. The summed E-state index contributed by atoms with van der Waals surface area (Å²) in [6.07, 6.45) is 2.40. The number of aromatic nitrogens is 1. The molecule has 0 bridgehead atoms. The van der Waals surface area contributed by atoms with Crippen LogP contribution < -0.4 is 0 Å². The second-order valence-corrected chi connectivity index (χ2v) is 7.67. The molecule has 1 spiro atoms. The Kier molecular flexibility index (Phi) is 4.40. The molecule has 2 amide bonds. The van der Waals surface area contributed by atoms with Crippen LogP contribution in [0, 0.1) is 5.41 Å². The predicted molar refractivity (Wildman–Crippen MR) is 99.2 cm³/mol. The second-order valence-electron chi connectivity index (χ2n) is 7.26. The van der Waals surface area contributed by atoms with E-state index in [4.69, 9.17) is 11.6 Å². The summed E-state index contributed by atoms with van der Waals surface area (Å²) in [6, 6.07) is 7.32. The van der Waals surface area contributed by atoms with Crippen molar-refractivity contribution in [3.8, 4) is 0 Å². The van der Waals surface area contributed by atoms with E-state index in [-0.39, 0.29) is 18.4 Å². The highest BCUT2D eigenvalue weighted by atomic mass is 35.5. The van der Waals surface area contributed by atoms with E-state index in [0.717, 1.165) is 23.7 Å². The summed E-state index contributed by atoms with van der Waals surface area (Å²) in [5, 5.41) is 10.6. The minimum absolute atomic E-state index is 0.0275. The molecule has 2 saturated heterocycles. The van der Waals surface area contributed by atoms with Crippen LogP contribution in [-0.4, -0.2) is 64.5 Å². The van der Waals surface area contributed by atoms with Gasteiger partial charge in [-0.2, -0.15) is 0 Å². The lowest BCUT2D eigenvalue weighted by Gasteiger charge is -2.39. The first-order valence-corrected chi connectivity index (χ1v) is 9.39. The molecule has 0 aliphatic carbocycles. The molecular formula is C19H22ClN3O3. The van der Waals surface area contributed by atoms with Gasteiger partial charge in [-0.15, -0.1) is 0 Å². The van der Waals surface area contributed by atoms with Crippen LogP contribution in [0.1, 0.15) is 29.8 Å². The zero-order chi connectivity index (χ0) is 18.3. The van der Waals surface area contributed by atoms with E-state index in [9.17, 15) is 14.7 Å². The Morgan fingerprint density at radius 3 is 2.92 bits per heavy atom. The average Bonchev–Trinajstić information content (AvgIpc) is 3.25. The lowest BCUT2D eigenvalue weighted by molar-refractivity contribution is -0.146. The van der Waals surface area contributed by atoms with Crippen molar-refractivity contribution in [2.24, 2.45) is 5.41 Å². The number of carbonyl (C=O) groups excluding carboxylic acids is 2. The fourth-order valence-electron chi connectivity index (χ4n) is 4.31. The molecule has 2 aromatic rings. The van der Waals surface area contributed by atoms with Crippen LogP contribution in [0.5, 0.6) is 0 Å². The number of piperidine rings is 1. The second kappa shape index (κ2) is 6.59. The fourth-order valence-corrected chi connectivity index (χ4v) is 4.54. The quantitative estimate of drug-likeness (QED) is 0.864. The maximum absolute atomic E-state index is 13.0. The van der Waals surface area contributed by atoms with Gasteiger partial charge in [-0.1, -0.05) is 17.7 Å². The van der Waals surface area contributed by atoms with Gasteiger partial charge >= 0.3 is 0 Å². The van der Waals surface area contributed by atoms with Crippen LogP contribution in [0.25, 0.3) is 10.9 Å². The van der Waals surface area contributed by atoms with E-state index in [1.165, 1.54) is 0 Å². The largest absolute Gasteiger partial charge is 0.395 e. The van der Waals surface area contributed by atoms with Crippen molar-refractivity contribution >= 4 is 34.3 Å². The monoisotopic (exact) mass is 375 g/mol. The molecule has 7 heteroatoms. The molecule has 1 atom stereocenters. The minimum Gasteiger partial charge on any atom is -0.395 e. The number of nitrogens with one attached hydrogen (secondary N) is 1. The van der Waals surface area contributed by atoms with E-state index < -0.39 is 5.41 Å². The Morgan fingerprint density at radius 1 is 1.31 bits per heavy atom. The first kappa shape index (κ1) is 17.4. The molecule has 2 N–H and O–H groups in total. The molecule has 3 heterocycles. The number of hydrogen-bond donors (Lipinski definition) is 2. The highest BCUT2D eigenvalue weighted by molar-refractivity contribution is 6.35. The number of aromatic amines is 1. The van der Waals surface area contributed by atoms with Gasteiger partial charge in [-0.25, -0.2) is 0 Å². The fraction of sp³-hybridized carbons (Fsp3) is 0.474. The number of aliphatic hydroxyl groups excluding tert-OH is 1. The standard InChI is InChI=1S/C19H22ClN3O3/c20-14-3-1-4-15-13(14)11-16(21-15)17(25)23-8-6-19(12-23)5-2-7-22(9-10-24)18(19)26/h1,3-4,11,21,24H,2,5-10,12H2/t19-/m0/s1. The molecule has 1 aromatic heterocycles. The Bertz CT molecular complexity index is 863. The SMILES string of the molecule is O=C(c1cc2c(Cl)cccc2[nH]1)N1CC[C@@]2(CCCN(CCO)C2=O)C1. The number of carbonyl (C=O) groups is 2. The summed E-state index contributed by atoms with van der Waals surface area (Å²) >= 11 is 6.20. The number of β-amino-alcohol motifs (C(OH)–C–C–N with tert-alkyl or cyclic N) is 1. The highest BCUT2D eigenvalue weighted by Crippen LogP contribution is 2.40. The number of aliphatic hydroxyl groups is 1. The van der Waals surface area contributed by atoms with Gasteiger partial charge in [-0.05, 0) is 37.5 Å². The van der Waals surface area contributed by atoms with Crippen LogP contribution in [0.4, 0.5) is 0 Å². The number of rotatable bonds is 3. The molecular weight excluding hydrogens is 354 g/mol. The van der Waals surface area contributed by atoms with E-state index in [0.29, 0.717) is 43.3 Å². The molecule has 0 saturated carbocycles. The van der Waals surface area contributed by atoms with Gasteiger partial charge in [0.2, 0.25) is 5.91 Å². The molecule has 2 aliphatic heterocycles. The number of hydrogen-bond acceptors (Lipinski definition) is 3. The normalized spacial score (nSPS) is 23.4. The maximum Gasteiger partial charge on any atom is 0.270 e. The van der Waals surface area contributed by atoms with Gasteiger partial charge < -0.3 is 19.9 Å². The van der Waals surface area contributed by atoms with Crippen molar-refractivity contribution in [1.29, 1.82) is 0 Å². The highest BCUT2D eigenvalue weighted by Gasteiger charge is 2.49. The van der Waals surface area contributed by atoms with Crippen molar-refractivity contribution in [1.82, 2.24) is 14.8 Å². The lowest BCUT2D eigenvalue weighted by atomic mass is 9.78. The van der Waals surface area contributed by atoms with Crippen LogP contribution in [-0.2, 0) is 4.79 Å². The van der Waals surface area contributed by atoms with Gasteiger partial charge in [0, 0.05) is 42.1 Å². The summed E-state index contributed by atoms with van der Waals surface area (Å²) in [5.74, 6) is -0.0194. The first-order chi connectivity index (χ1) is 12.5. The van der Waals surface area contributed by atoms with Crippen molar-refractivity contribution < 1.29 is 14.7 Å². The Morgan fingerprint density at radius 2 is 2.15 bits per heavy atom. The predicted octanol–water partition coefficient (Wildman–Crippen LogP) is 2.27. The van der Waals surface area contributed by atoms with Gasteiger partial charge in [0.25, 0.3) is 5.91 Å². The van der Waals surface area contributed by atoms with Gasteiger partial charge in [0.15, 0.2) is 0 Å². The van der Waals surface area contributed by atoms with Crippen LogP contribution >= 0.6 is 11.6 Å². The maximum atomic E-state index is 13.0. The number of amides is 2. The molecule has 4 rings (SSSR count). The lowest BCUT2D eigenvalue weighted by Crippen LogP contribution is -2.51. The van der Waals surface area contributed by atoms with Crippen molar-refractivity contribution in [3.05, 3.63) is 35.0 Å². The smallest absolute Gasteiger partial charge is 0.270 e. The molecule has 6 nitrogen and oxygen atoms in total. The molecule has 0 unspecified atom stereocenters. The third-order valence-electron chi connectivity index (χ3n) is 5.68. The molecule has 2 aliphatic rings. The Balaban J connectivity index is 1.55. The zero-order valence-electron chi connectivity index (χ0n) is 14.5. The molecule has 1 aromatic carbocycles. The van der Waals surface area contributed by atoms with E-state index in [1.807, 2.05) is 12.1 Å². The molecule has 0 radical (unpaired) electrons. The summed E-state index contributed by atoms with van der Waals surface area (Å²) in [6.45, 7) is 2.04.